The molecule has 1 heterocycles. The van der Waals surface area contributed by atoms with Crippen LogP contribution in [-0.4, -0.2) is 139 Å². The summed E-state index contributed by atoms with van der Waals surface area (Å²) in [5.74, 6) is -6.95. The van der Waals surface area contributed by atoms with Crippen molar-refractivity contribution in [1.82, 2.24) is 36.9 Å². The number of hydrogen-bond donors (Lipinski definition) is 13. The normalized spacial score (nSPS) is 13.1. The molecule has 1 aromatic heterocycles. The Bertz CT molecular complexity index is 2810. The number of anilines is 1. The number of nitrogens with one attached hydrogen (secondary N) is 7. The number of fused-ring (bicyclic) bond motifs is 1. The SMILES string of the molecule is NNc1ccc(C(=O)NC(CCC(=O)O)C(=O)CC(CC(OC=O)C(=O)O)C(=O)NCc2ccc(C(=O)NC(Cc3ccc4ccccc4c3)C(=O)NCCCCC(NC(=O)NC(CCC(=O)O)C(=O)O)C(=O)O)cc2)cn1. The highest BCUT2D eigenvalue weighted by Crippen LogP contribution is 2.20. The summed E-state index contributed by atoms with van der Waals surface area (Å²) < 4.78 is 4.66. The second kappa shape index (κ2) is 30.7. The van der Waals surface area contributed by atoms with Crippen molar-refractivity contribution in [3.63, 3.8) is 0 Å². The van der Waals surface area contributed by atoms with Crippen molar-refractivity contribution in [3.8, 4) is 0 Å². The maximum atomic E-state index is 13.7. The Morgan fingerprint density at radius 1 is 0.603 bits per heavy atom. The van der Waals surface area contributed by atoms with Crippen LogP contribution in [-0.2, 0) is 60.9 Å². The molecule has 3 aromatic carbocycles. The molecule has 0 saturated carbocycles. The fourth-order valence-corrected chi connectivity index (χ4v) is 7.75. The number of aromatic nitrogens is 1. The van der Waals surface area contributed by atoms with Gasteiger partial charge < -0.3 is 67.6 Å². The lowest BCUT2D eigenvalue weighted by atomic mass is 9.90. The molecule has 4 rings (SSSR count). The highest BCUT2D eigenvalue weighted by molar-refractivity contribution is 5.99. The topological polar surface area (TPSA) is 438 Å². The molecule has 0 bridgehead atoms. The molecule has 27 heteroatoms. The van der Waals surface area contributed by atoms with Crippen molar-refractivity contribution in [2.24, 2.45) is 11.8 Å². The number of unbranched alkanes of at least 4 members (excludes halogenated alkanes) is 1. The van der Waals surface area contributed by atoms with E-state index in [-0.39, 0.29) is 62.2 Å². The van der Waals surface area contributed by atoms with E-state index < -0.39 is 140 Å². The number of nitrogen functional groups attached to an aromatic ring is 1. The van der Waals surface area contributed by atoms with E-state index in [2.05, 4.69) is 41.7 Å². The third-order valence-corrected chi connectivity index (χ3v) is 12.0. The first-order valence-electron chi connectivity index (χ1n) is 24.1. The Balaban J connectivity index is 1.43. The molecule has 27 nitrogen and oxygen atoms in total. The second-order valence-corrected chi connectivity index (χ2v) is 17.6. The number of benzene rings is 3. The van der Waals surface area contributed by atoms with Crippen molar-refractivity contribution in [2.75, 3.05) is 12.0 Å². The van der Waals surface area contributed by atoms with Crippen molar-refractivity contribution >= 4 is 88.4 Å². The second-order valence-electron chi connectivity index (χ2n) is 17.6. The zero-order valence-electron chi connectivity index (χ0n) is 41.7. The molecule has 0 saturated heterocycles. The van der Waals surface area contributed by atoms with E-state index in [4.69, 9.17) is 10.9 Å². The van der Waals surface area contributed by atoms with Gasteiger partial charge in [0.1, 0.15) is 23.9 Å². The van der Waals surface area contributed by atoms with E-state index in [0.717, 1.165) is 17.0 Å². The van der Waals surface area contributed by atoms with Crippen molar-refractivity contribution in [3.05, 3.63) is 107 Å². The smallest absolute Gasteiger partial charge is 0.345 e. The average molecular weight is 1090 g/mol. The number of Topliss-reactive ketones (excluding diaryl/α,β-unsaturated/α-hetero) is 1. The third-order valence-electron chi connectivity index (χ3n) is 12.0. The molecule has 0 aliphatic heterocycles. The third kappa shape index (κ3) is 20.3. The summed E-state index contributed by atoms with van der Waals surface area (Å²) in [5, 5.41) is 63.4. The molecule has 14 N–H and O–H groups in total. The molecule has 0 aliphatic carbocycles. The maximum absolute atomic E-state index is 13.7. The van der Waals surface area contributed by atoms with E-state index in [1.807, 2.05) is 41.7 Å². The summed E-state index contributed by atoms with van der Waals surface area (Å²) in [5.41, 5.74) is 3.45. The summed E-state index contributed by atoms with van der Waals surface area (Å²) in [4.78, 5) is 153. The van der Waals surface area contributed by atoms with Crippen LogP contribution in [0.4, 0.5) is 10.6 Å². The number of carboxylic acids is 5. The number of nitrogens with zero attached hydrogens (tertiary/aromatic N) is 1. The highest BCUT2D eigenvalue weighted by Gasteiger charge is 2.34. The molecule has 0 radical (unpaired) electrons. The van der Waals surface area contributed by atoms with Crippen LogP contribution in [0.3, 0.4) is 0 Å². The molecule has 78 heavy (non-hydrogen) atoms. The van der Waals surface area contributed by atoms with Crippen LogP contribution in [0.5, 0.6) is 0 Å². The van der Waals surface area contributed by atoms with E-state index in [1.165, 1.54) is 36.4 Å². The van der Waals surface area contributed by atoms with Crippen LogP contribution in [0, 0.1) is 5.92 Å². The van der Waals surface area contributed by atoms with Crippen LogP contribution in [0.2, 0.25) is 0 Å². The fourth-order valence-electron chi connectivity index (χ4n) is 7.75. The molecule has 6 atom stereocenters. The van der Waals surface area contributed by atoms with Crippen LogP contribution in [0.1, 0.15) is 89.6 Å². The number of rotatable bonds is 34. The molecule has 0 aliphatic rings. The number of aliphatic carboxylic acids is 5. The number of ketones is 1. The van der Waals surface area contributed by atoms with E-state index in [0.29, 0.717) is 11.1 Å². The number of carboxylic acid groups (broad SMARTS) is 5. The number of hydrazine groups is 1. The van der Waals surface area contributed by atoms with Crippen LogP contribution < -0.4 is 43.2 Å². The van der Waals surface area contributed by atoms with Gasteiger partial charge in [-0.05, 0) is 78.3 Å². The lowest BCUT2D eigenvalue weighted by molar-refractivity contribution is -0.158. The van der Waals surface area contributed by atoms with Gasteiger partial charge in [-0.2, -0.15) is 0 Å². The number of hydrogen-bond acceptors (Lipinski definition) is 16. The Kier molecular flexibility index (Phi) is 24.1. The number of carbonyl (C=O) groups excluding carboxylic acids is 7. The number of ether oxygens (including phenoxy) is 1. The Hall–Kier alpha value is -9.53. The molecule has 416 valence electrons. The van der Waals surface area contributed by atoms with E-state index in [9.17, 15) is 78.0 Å². The van der Waals surface area contributed by atoms with Gasteiger partial charge in [0.15, 0.2) is 11.9 Å². The number of carbonyl (C=O) groups is 12. The van der Waals surface area contributed by atoms with E-state index in [1.54, 1.807) is 6.07 Å². The van der Waals surface area contributed by atoms with Gasteiger partial charge in [-0.1, -0.05) is 54.6 Å². The van der Waals surface area contributed by atoms with Crippen molar-refractivity contribution in [2.45, 2.75) is 101 Å². The van der Waals surface area contributed by atoms with Gasteiger partial charge >= 0.3 is 35.9 Å². The summed E-state index contributed by atoms with van der Waals surface area (Å²) in [6, 6.07) is 14.6. The number of nitrogens with two attached hydrogens (primary N) is 1. The molecule has 0 spiro atoms. The van der Waals surface area contributed by atoms with E-state index >= 15 is 0 Å². The minimum Gasteiger partial charge on any atom is -0.481 e. The quantitative estimate of drug-likeness (QED) is 0.0135. The minimum absolute atomic E-state index is 0.0111. The first-order chi connectivity index (χ1) is 37.2. The van der Waals surface area contributed by atoms with Crippen LogP contribution >= 0.6 is 0 Å². The molecule has 4 aromatic rings. The van der Waals surface area contributed by atoms with Gasteiger partial charge in [0.2, 0.25) is 11.8 Å². The van der Waals surface area contributed by atoms with Crippen molar-refractivity contribution in [1.29, 1.82) is 0 Å². The van der Waals surface area contributed by atoms with Crippen molar-refractivity contribution < 1.29 is 87.8 Å². The first kappa shape index (κ1) is 61.0. The predicted octanol–water partition coefficient (Wildman–Crippen LogP) is 1.09. The summed E-state index contributed by atoms with van der Waals surface area (Å²) in [6.45, 7) is -0.368. The minimum atomic E-state index is -1.88. The molecule has 0 fully saturated rings. The Morgan fingerprint density at radius 2 is 1.19 bits per heavy atom. The molecule has 6 amide bonds. The Morgan fingerprint density at radius 3 is 1.78 bits per heavy atom. The molecule has 6 unspecified atom stereocenters. The summed E-state index contributed by atoms with van der Waals surface area (Å²) in [6.07, 6.45) is -3.90. The first-order valence-corrected chi connectivity index (χ1v) is 24.1. The predicted molar refractivity (Wildman–Crippen MR) is 272 cm³/mol. The van der Waals surface area contributed by atoms with Gasteiger partial charge in [-0.3, -0.25) is 38.4 Å². The monoisotopic (exact) mass is 1090 g/mol. The van der Waals surface area contributed by atoms with Crippen LogP contribution in [0.25, 0.3) is 10.8 Å². The number of amides is 6. The lowest BCUT2D eigenvalue weighted by Gasteiger charge is -2.23. The lowest BCUT2D eigenvalue weighted by Crippen LogP contribution is -2.51. The van der Waals surface area contributed by atoms with Gasteiger partial charge in [-0.25, -0.2) is 30.0 Å². The average Bonchev–Trinajstić information content (AvgIpc) is 3.41. The summed E-state index contributed by atoms with van der Waals surface area (Å²) in [7, 11) is 0. The van der Waals surface area contributed by atoms with Gasteiger partial charge in [0.25, 0.3) is 18.3 Å². The summed E-state index contributed by atoms with van der Waals surface area (Å²) >= 11 is 0. The highest BCUT2D eigenvalue weighted by atomic mass is 16.5. The number of pyridine rings is 1. The fraction of sp³-hybridized carbons (Fsp3) is 0.353. The zero-order chi connectivity index (χ0) is 57.3. The van der Waals surface area contributed by atoms with Gasteiger partial charge in [0, 0.05) is 62.9 Å². The standard InChI is InChI=1S/C51H59N9O18/c52-60-41-17-14-33(26-54-41)46(69)56-35(15-18-42(63)64)39(62)23-34(24-40(50(75)76)78-27-61)44(67)55-25-28-8-12-31(13-9-28)45(68)57-38(22-29-10-11-30-5-1-2-6-32(30)21-29)47(70)53-20-4-3-7-36(48(71)72)58-51(77)59-37(49(73)74)16-19-43(65)66/h1-2,5-6,8-14,17,21,26-27,34-38,40H,3-4,7,15-16,18-20,22-25,52H2,(H,53,70)(H,54,60)(H,55,67)(H,56,69)(H,57,68)(H,63,64)(H,65,66)(H,71,72)(H,73,74)(H,75,76)(H2,58,59,77). The number of urea groups is 1. The van der Waals surface area contributed by atoms with Gasteiger partial charge in [-0.15, -0.1) is 0 Å². The van der Waals surface area contributed by atoms with Gasteiger partial charge in [0.05, 0.1) is 11.6 Å². The zero-order valence-corrected chi connectivity index (χ0v) is 41.7. The Labute approximate surface area is 444 Å². The molecular weight excluding hydrogens is 1030 g/mol. The van der Waals surface area contributed by atoms with Crippen LogP contribution in [0.15, 0.2) is 85.1 Å². The largest absolute Gasteiger partial charge is 0.481 e. The maximum Gasteiger partial charge on any atom is 0.345 e. The molecular formula is C51H59N9O18.